The van der Waals surface area contributed by atoms with Crippen LogP contribution in [-0.4, -0.2) is 32.5 Å². The Morgan fingerprint density at radius 1 is 1.20 bits per heavy atom. The number of rotatable bonds is 4. The summed E-state index contributed by atoms with van der Waals surface area (Å²) in [5.74, 6) is -0.292. The van der Waals surface area contributed by atoms with Crippen LogP contribution in [0.3, 0.4) is 0 Å². The molecule has 2 aromatic rings. The number of nitrogens with zero attached hydrogens (tertiary/aromatic N) is 1. The number of sulfone groups is 1. The molecule has 4 nitrogen and oxygen atoms in total. The third kappa shape index (κ3) is 3.26. The molecule has 0 bridgehead atoms. The Balaban J connectivity index is 2.30. The first-order valence-corrected chi connectivity index (χ1v) is 8.73. The van der Waals surface area contributed by atoms with E-state index in [0.29, 0.717) is 6.54 Å². The second-order valence-electron chi connectivity index (χ2n) is 4.51. The summed E-state index contributed by atoms with van der Waals surface area (Å²) < 4.78 is 23.5. The van der Waals surface area contributed by atoms with E-state index in [1.54, 1.807) is 36.6 Å². The van der Waals surface area contributed by atoms with Gasteiger partial charge in [0.1, 0.15) is 0 Å². The smallest absolute Gasteiger partial charge is 0.255 e. The van der Waals surface area contributed by atoms with Crippen molar-refractivity contribution in [2.75, 3.05) is 13.3 Å². The molecule has 6 heteroatoms. The lowest BCUT2D eigenvalue weighted by Gasteiger charge is -2.17. The Morgan fingerprint density at radius 2 is 1.90 bits per heavy atom. The van der Waals surface area contributed by atoms with E-state index < -0.39 is 9.84 Å². The first-order valence-electron chi connectivity index (χ1n) is 5.96. The maximum Gasteiger partial charge on any atom is 0.255 e. The van der Waals surface area contributed by atoms with E-state index in [2.05, 4.69) is 0 Å². The second-order valence-corrected chi connectivity index (χ2v) is 7.53. The first kappa shape index (κ1) is 14.7. The minimum atomic E-state index is -3.42. The van der Waals surface area contributed by atoms with Gasteiger partial charge in [0.2, 0.25) is 0 Å². The Hall–Kier alpha value is -1.66. The van der Waals surface area contributed by atoms with Gasteiger partial charge in [-0.1, -0.05) is 18.2 Å². The van der Waals surface area contributed by atoms with Crippen molar-refractivity contribution in [1.82, 2.24) is 4.90 Å². The molecule has 0 fully saturated rings. The van der Waals surface area contributed by atoms with Crippen molar-refractivity contribution >= 4 is 27.1 Å². The zero-order valence-corrected chi connectivity index (χ0v) is 12.9. The molecule has 1 heterocycles. The molecule has 0 atom stereocenters. The highest BCUT2D eigenvalue weighted by atomic mass is 32.2. The molecule has 1 amide bonds. The number of thiophene rings is 1. The summed E-state index contributed by atoms with van der Waals surface area (Å²) in [6.45, 7) is 0.467. The van der Waals surface area contributed by atoms with Gasteiger partial charge in [-0.05, 0) is 23.6 Å². The lowest BCUT2D eigenvalue weighted by atomic mass is 10.2. The van der Waals surface area contributed by atoms with Crippen LogP contribution < -0.4 is 0 Å². The molecule has 0 aliphatic rings. The van der Waals surface area contributed by atoms with Crippen LogP contribution in [0.5, 0.6) is 0 Å². The summed E-state index contributed by atoms with van der Waals surface area (Å²) in [6.07, 6.45) is 1.11. The van der Waals surface area contributed by atoms with Crippen LogP contribution >= 0.6 is 11.3 Å². The van der Waals surface area contributed by atoms with Gasteiger partial charge in [0.25, 0.3) is 5.91 Å². The molecular formula is C14H15NO3S2. The van der Waals surface area contributed by atoms with E-state index in [1.165, 1.54) is 11.0 Å². The summed E-state index contributed by atoms with van der Waals surface area (Å²) in [5, 5.41) is 1.94. The highest BCUT2D eigenvalue weighted by molar-refractivity contribution is 7.90. The Morgan fingerprint density at radius 3 is 2.50 bits per heavy atom. The normalized spacial score (nSPS) is 11.3. The third-order valence-corrected chi connectivity index (χ3v) is 4.85. The fourth-order valence-electron chi connectivity index (χ4n) is 1.88. The highest BCUT2D eigenvalue weighted by Crippen LogP contribution is 2.19. The zero-order chi connectivity index (χ0) is 14.8. The van der Waals surface area contributed by atoms with E-state index in [-0.39, 0.29) is 16.4 Å². The molecule has 0 unspecified atom stereocenters. The van der Waals surface area contributed by atoms with Crippen molar-refractivity contribution < 1.29 is 13.2 Å². The number of hydrogen-bond acceptors (Lipinski definition) is 4. The second kappa shape index (κ2) is 5.76. The quantitative estimate of drug-likeness (QED) is 0.871. The van der Waals surface area contributed by atoms with E-state index in [0.717, 1.165) is 11.1 Å². The molecule has 0 aliphatic heterocycles. The predicted octanol–water partition coefficient (Wildman–Crippen LogP) is 2.42. The Labute approximate surface area is 122 Å². The summed E-state index contributed by atoms with van der Waals surface area (Å²) in [6, 6.07) is 10.2. The average molecular weight is 309 g/mol. The standard InChI is InChI=1S/C14H15NO3S2/c1-15(10-11-6-5-9-19-11)14(16)12-7-3-4-8-13(12)20(2,17)18/h3-9H,10H2,1-2H3. The van der Waals surface area contributed by atoms with Crippen molar-refractivity contribution in [3.05, 3.63) is 52.2 Å². The van der Waals surface area contributed by atoms with E-state index in [1.807, 2.05) is 17.5 Å². The van der Waals surface area contributed by atoms with Crippen molar-refractivity contribution in [2.24, 2.45) is 0 Å². The molecule has 0 spiro atoms. The fourth-order valence-corrected chi connectivity index (χ4v) is 3.52. The van der Waals surface area contributed by atoms with Crippen LogP contribution in [-0.2, 0) is 16.4 Å². The molecular weight excluding hydrogens is 294 g/mol. The molecule has 0 radical (unpaired) electrons. The Kier molecular flexibility index (Phi) is 4.25. The van der Waals surface area contributed by atoms with Crippen molar-refractivity contribution in [2.45, 2.75) is 11.4 Å². The Bertz CT molecular complexity index is 706. The van der Waals surface area contributed by atoms with Gasteiger partial charge in [0.15, 0.2) is 9.84 Å². The molecule has 0 aliphatic carbocycles. The van der Waals surface area contributed by atoms with Crippen LogP contribution in [0.15, 0.2) is 46.7 Å². The minimum absolute atomic E-state index is 0.0722. The molecule has 0 saturated heterocycles. The highest BCUT2D eigenvalue weighted by Gasteiger charge is 2.20. The minimum Gasteiger partial charge on any atom is -0.337 e. The molecule has 0 saturated carbocycles. The molecule has 106 valence electrons. The van der Waals surface area contributed by atoms with Crippen LogP contribution in [0.25, 0.3) is 0 Å². The molecule has 1 aromatic heterocycles. The van der Waals surface area contributed by atoms with E-state index >= 15 is 0 Å². The predicted molar refractivity (Wildman–Crippen MR) is 79.7 cm³/mol. The van der Waals surface area contributed by atoms with Gasteiger partial charge >= 0.3 is 0 Å². The number of carbonyl (C=O) groups excluding carboxylic acids is 1. The van der Waals surface area contributed by atoms with Gasteiger partial charge in [-0.3, -0.25) is 4.79 Å². The summed E-state index contributed by atoms with van der Waals surface area (Å²) in [7, 11) is -1.75. The summed E-state index contributed by atoms with van der Waals surface area (Å²) in [5.41, 5.74) is 0.217. The molecule has 1 aromatic carbocycles. The SMILES string of the molecule is CN(Cc1cccs1)C(=O)c1ccccc1S(C)(=O)=O. The van der Waals surface area contributed by atoms with Gasteiger partial charge in [-0.2, -0.15) is 0 Å². The lowest BCUT2D eigenvalue weighted by Crippen LogP contribution is -2.27. The van der Waals surface area contributed by atoms with Gasteiger partial charge in [0.05, 0.1) is 17.0 Å². The number of hydrogen-bond donors (Lipinski definition) is 0. The molecule has 2 rings (SSSR count). The fraction of sp³-hybridized carbons (Fsp3) is 0.214. The third-order valence-electron chi connectivity index (χ3n) is 2.84. The largest absolute Gasteiger partial charge is 0.337 e. The summed E-state index contributed by atoms with van der Waals surface area (Å²) in [4.78, 5) is 15.1. The average Bonchev–Trinajstić information content (AvgIpc) is 2.89. The maximum atomic E-state index is 12.4. The molecule has 0 N–H and O–H groups in total. The first-order chi connectivity index (χ1) is 9.39. The topological polar surface area (TPSA) is 54.5 Å². The van der Waals surface area contributed by atoms with Gasteiger partial charge < -0.3 is 4.90 Å². The van der Waals surface area contributed by atoms with Gasteiger partial charge in [-0.25, -0.2) is 8.42 Å². The van der Waals surface area contributed by atoms with Crippen LogP contribution in [0, 0.1) is 0 Å². The van der Waals surface area contributed by atoms with Crippen molar-refractivity contribution in [3.8, 4) is 0 Å². The van der Waals surface area contributed by atoms with Gasteiger partial charge in [-0.15, -0.1) is 11.3 Å². The van der Waals surface area contributed by atoms with E-state index in [9.17, 15) is 13.2 Å². The lowest BCUT2D eigenvalue weighted by molar-refractivity contribution is 0.0782. The van der Waals surface area contributed by atoms with E-state index in [4.69, 9.17) is 0 Å². The number of carbonyl (C=O) groups is 1. The zero-order valence-electron chi connectivity index (χ0n) is 11.2. The summed E-state index contributed by atoms with van der Waals surface area (Å²) >= 11 is 1.56. The molecule has 20 heavy (non-hydrogen) atoms. The van der Waals surface area contributed by atoms with Crippen LogP contribution in [0.2, 0.25) is 0 Å². The van der Waals surface area contributed by atoms with Crippen LogP contribution in [0.4, 0.5) is 0 Å². The number of amides is 1. The van der Waals surface area contributed by atoms with Crippen molar-refractivity contribution in [3.63, 3.8) is 0 Å². The number of benzene rings is 1. The van der Waals surface area contributed by atoms with Gasteiger partial charge in [0, 0.05) is 18.2 Å². The van der Waals surface area contributed by atoms with Crippen LogP contribution in [0.1, 0.15) is 15.2 Å². The van der Waals surface area contributed by atoms with Crippen molar-refractivity contribution in [1.29, 1.82) is 0 Å². The maximum absolute atomic E-state index is 12.4. The monoisotopic (exact) mass is 309 g/mol.